The zero-order valence-electron chi connectivity index (χ0n) is 14.9. The molecule has 0 radical (unpaired) electrons. The second-order valence-corrected chi connectivity index (χ2v) is 8.46. The Kier molecular flexibility index (Phi) is 5.93. The molecule has 0 saturated heterocycles. The van der Waals surface area contributed by atoms with Crippen molar-refractivity contribution in [3.05, 3.63) is 89.7 Å². The first-order chi connectivity index (χ1) is 12.9. The van der Waals surface area contributed by atoms with Crippen molar-refractivity contribution in [3.8, 4) is 0 Å². The predicted molar refractivity (Wildman–Crippen MR) is 107 cm³/mol. The standard InChI is InChI=1S/C20H18N2O3S2/c1-15-6-10-17(11-7-15)26-20(19-5-3-4-14-21-19)22-25-27(23,24)18-12-8-16(2)9-13-18/h3-14H,1-2H3. The van der Waals surface area contributed by atoms with E-state index in [9.17, 15) is 8.42 Å². The molecule has 2 aromatic carbocycles. The number of pyridine rings is 1. The van der Waals surface area contributed by atoms with E-state index in [2.05, 4.69) is 10.1 Å². The van der Waals surface area contributed by atoms with Crippen LogP contribution in [0.3, 0.4) is 0 Å². The first-order valence-electron chi connectivity index (χ1n) is 8.18. The van der Waals surface area contributed by atoms with Crippen LogP contribution in [0.25, 0.3) is 0 Å². The van der Waals surface area contributed by atoms with E-state index >= 15 is 0 Å². The second kappa shape index (κ2) is 8.37. The summed E-state index contributed by atoms with van der Waals surface area (Å²) in [7, 11) is -4.01. The van der Waals surface area contributed by atoms with Crippen molar-refractivity contribution in [2.24, 2.45) is 5.16 Å². The molecule has 0 N–H and O–H groups in total. The summed E-state index contributed by atoms with van der Waals surface area (Å²) < 4.78 is 29.8. The maximum atomic E-state index is 12.4. The van der Waals surface area contributed by atoms with Crippen LogP contribution in [0.5, 0.6) is 0 Å². The summed E-state index contributed by atoms with van der Waals surface area (Å²) in [5.74, 6) is 0. The number of hydrogen-bond acceptors (Lipinski definition) is 6. The fourth-order valence-corrected chi connectivity index (χ4v) is 3.73. The molecule has 3 rings (SSSR count). The Bertz CT molecular complexity index is 1030. The van der Waals surface area contributed by atoms with Crippen LogP contribution in [0, 0.1) is 13.8 Å². The topological polar surface area (TPSA) is 68.6 Å². The number of thioether (sulfide) groups is 1. The molecular formula is C20H18N2O3S2. The Morgan fingerprint density at radius 3 is 2.15 bits per heavy atom. The molecule has 7 heteroatoms. The molecule has 0 bridgehead atoms. The Labute approximate surface area is 163 Å². The van der Waals surface area contributed by atoms with Gasteiger partial charge in [0.05, 0.1) is 5.69 Å². The summed E-state index contributed by atoms with van der Waals surface area (Å²) in [4.78, 5) is 5.21. The molecule has 0 aliphatic heterocycles. The van der Waals surface area contributed by atoms with E-state index in [1.807, 2.05) is 44.2 Å². The minimum Gasteiger partial charge on any atom is -0.264 e. The Morgan fingerprint density at radius 1 is 0.926 bits per heavy atom. The maximum absolute atomic E-state index is 12.4. The zero-order chi connectivity index (χ0) is 19.3. The van der Waals surface area contributed by atoms with Gasteiger partial charge in [0.1, 0.15) is 4.90 Å². The second-order valence-electron chi connectivity index (χ2n) is 5.87. The van der Waals surface area contributed by atoms with Gasteiger partial charge in [0.25, 0.3) is 0 Å². The summed E-state index contributed by atoms with van der Waals surface area (Å²) in [6.07, 6.45) is 1.62. The third-order valence-electron chi connectivity index (χ3n) is 3.65. The number of aromatic nitrogens is 1. The van der Waals surface area contributed by atoms with Gasteiger partial charge in [-0.3, -0.25) is 9.27 Å². The summed E-state index contributed by atoms with van der Waals surface area (Å²) >= 11 is 1.29. The molecule has 27 heavy (non-hydrogen) atoms. The molecule has 1 heterocycles. The van der Waals surface area contributed by atoms with Crippen LogP contribution in [-0.4, -0.2) is 18.4 Å². The normalized spacial score (nSPS) is 12.0. The minimum atomic E-state index is -4.01. The summed E-state index contributed by atoms with van der Waals surface area (Å²) in [5, 5.41) is 4.27. The Balaban J connectivity index is 1.90. The molecule has 0 amide bonds. The number of nitrogens with zero attached hydrogens (tertiary/aromatic N) is 2. The van der Waals surface area contributed by atoms with Gasteiger partial charge in [0, 0.05) is 11.1 Å². The van der Waals surface area contributed by atoms with Crippen molar-refractivity contribution in [1.82, 2.24) is 4.98 Å². The average Bonchev–Trinajstić information content (AvgIpc) is 2.68. The minimum absolute atomic E-state index is 0.0533. The number of rotatable bonds is 5. The van der Waals surface area contributed by atoms with E-state index in [1.54, 1.807) is 30.5 Å². The molecule has 0 fully saturated rings. The molecule has 0 aliphatic rings. The van der Waals surface area contributed by atoms with E-state index in [4.69, 9.17) is 4.28 Å². The lowest BCUT2D eigenvalue weighted by molar-refractivity contribution is 0.340. The van der Waals surface area contributed by atoms with E-state index in [1.165, 1.54) is 23.9 Å². The maximum Gasteiger partial charge on any atom is 0.358 e. The van der Waals surface area contributed by atoms with Crippen molar-refractivity contribution in [2.75, 3.05) is 0 Å². The highest BCUT2D eigenvalue weighted by molar-refractivity contribution is 8.14. The van der Waals surface area contributed by atoms with Crippen molar-refractivity contribution < 1.29 is 12.7 Å². The lowest BCUT2D eigenvalue weighted by Crippen LogP contribution is -2.06. The molecule has 0 saturated carbocycles. The van der Waals surface area contributed by atoms with Crippen LogP contribution in [-0.2, 0) is 14.4 Å². The number of aryl methyl sites for hydroxylation is 2. The number of benzene rings is 2. The fraction of sp³-hybridized carbons (Fsp3) is 0.100. The molecule has 0 spiro atoms. The van der Waals surface area contributed by atoms with Gasteiger partial charge in [0.15, 0.2) is 5.04 Å². The van der Waals surface area contributed by atoms with Crippen LogP contribution in [0.15, 0.2) is 87.9 Å². The monoisotopic (exact) mass is 398 g/mol. The third-order valence-corrected chi connectivity index (χ3v) is 5.75. The molecular weight excluding hydrogens is 380 g/mol. The van der Waals surface area contributed by atoms with Gasteiger partial charge in [-0.15, -0.1) is 0 Å². The zero-order valence-corrected chi connectivity index (χ0v) is 16.5. The quantitative estimate of drug-likeness (QED) is 0.273. The van der Waals surface area contributed by atoms with Crippen molar-refractivity contribution >= 4 is 26.9 Å². The van der Waals surface area contributed by atoms with Gasteiger partial charge in [-0.25, -0.2) is 0 Å². The molecule has 1 aromatic heterocycles. The summed E-state index contributed by atoms with van der Waals surface area (Å²) in [6.45, 7) is 3.88. The van der Waals surface area contributed by atoms with Crippen molar-refractivity contribution in [1.29, 1.82) is 0 Å². The molecule has 3 aromatic rings. The fourth-order valence-electron chi connectivity index (χ4n) is 2.16. The SMILES string of the molecule is Cc1ccc(SC(=NOS(=O)(=O)c2ccc(C)cc2)c2ccccn2)cc1. The van der Waals surface area contributed by atoms with Crippen molar-refractivity contribution in [3.63, 3.8) is 0 Å². The number of oxime groups is 1. The summed E-state index contributed by atoms with van der Waals surface area (Å²) in [6, 6.07) is 19.6. The van der Waals surface area contributed by atoms with Crippen LogP contribution in [0.4, 0.5) is 0 Å². The highest BCUT2D eigenvalue weighted by Gasteiger charge is 2.17. The largest absolute Gasteiger partial charge is 0.358 e. The molecule has 0 aliphatic carbocycles. The smallest absolute Gasteiger partial charge is 0.264 e. The van der Waals surface area contributed by atoms with Crippen LogP contribution >= 0.6 is 11.8 Å². The van der Waals surface area contributed by atoms with Gasteiger partial charge in [-0.05, 0) is 50.2 Å². The van der Waals surface area contributed by atoms with E-state index < -0.39 is 10.1 Å². The highest BCUT2D eigenvalue weighted by Crippen LogP contribution is 2.24. The van der Waals surface area contributed by atoms with Gasteiger partial charge in [-0.2, -0.15) is 8.42 Å². The lowest BCUT2D eigenvalue weighted by Gasteiger charge is -2.07. The van der Waals surface area contributed by atoms with Gasteiger partial charge in [-0.1, -0.05) is 58.4 Å². The molecule has 0 unspecified atom stereocenters. The first-order valence-corrected chi connectivity index (χ1v) is 10.4. The molecule has 5 nitrogen and oxygen atoms in total. The predicted octanol–water partition coefficient (Wildman–Crippen LogP) is 4.56. The van der Waals surface area contributed by atoms with E-state index in [0.717, 1.165) is 16.0 Å². The Morgan fingerprint density at radius 2 is 1.56 bits per heavy atom. The molecule has 138 valence electrons. The van der Waals surface area contributed by atoms with E-state index in [0.29, 0.717) is 10.7 Å². The van der Waals surface area contributed by atoms with Crippen LogP contribution in [0.1, 0.15) is 16.8 Å². The molecule has 0 atom stereocenters. The average molecular weight is 399 g/mol. The van der Waals surface area contributed by atoms with Gasteiger partial charge >= 0.3 is 10.1 Å². The van der Waals surface area contributed by atoms with Gasteiger partial charge < -0.3 is 0 Å². The number of hydrogen-bond donors (Lipinski definition) is 0. The Hall–Kier alpha value is -2.64. The van der Waals surface area contributed by atoms with Crippen LogP contribution in [0.2, 0.25) is 0 Å². The van der Waals surface area contributed by atoms with Crippen LogP contribution < -0.4 is 0 Å². The van der Waals surface area contributed by atoms with Gasteiger partial charge in [0.2, 0.25) is 0 Å². The first kappa shape index (κ1) is 19.1. The lowest BCUT2D eigenvalue weighted by atomic mass is 10.2. The van der Waals surface area contributed by atoms with E-state index in [-0.39, 0.29) is 4.90 Å². The summed E-state index contributed by atoms with van der Waals surface area (Å²) in [5.41, 5.74) is 2.62. The third kappa shape index (κ3) is 5.18. The van der Waals surface area contributed by atoms with Crippen molar-refractivity contribution in [2.45, 2.75) is 23.6 Å². The highest BCUT2D eigenvalue weighted by atomic mass is 32.2.